The maximum Gasteiger partial charge on any atom is 0.240 e. The highest BCUT2D eigenvalue weighted by atomic mass is 35.5. The van der Waals surface area contributed by atoms with E-state index in [9.17, 15) is 9.59 Å². The summed E-state index contributed by atoms with van der Waals surface area (Å²) in [6.45, 7) is 4.57. The minimum Gasteiger partial charge on any atom is -0.355 e. The molecule has 0 atom stereocenters. The lowest BCUT2D eigenvalue weighted by Crippen LogP contribution is -2.40. The average Bonchev–Trinajstić information content (AvgIpc) is 3.23. The molecule has 0 aromatic heterocycles. The van der Waals surface area contributed by atoms with Crippen molar-refractivity contribution < 1.29 is 9.59 Å². The molecule has 1 aliphatic carbocycles. The molecule has 2 amide bonds. The number of nitrogens with one attached hydrogen (secondary N) is 2. The molecule has 1 aliphatic rings. The Balaban J connectivity index is 2.00. The lowest BCUT2D eigenvalue weighted by molar-refractivity contribution is -0.134. The van der Waals surface area contributed by atoms with E-state index < -0.39 is 5.41 Å². The number of halogens is 1. The third-order valence-corrected chi connectivity index (χ3v) is 4.11. The first-order chi connectivity index (χ1) is 9.99. The van der Waals surface area contributed by atoms with E-state index in [1.807, 2.05) is 6.92 Å². The van der Waals surface area contributed by atoms with Crippen molar-refractivity contribution in [2.24, 2.45) is 5.41 Å². The van der Waals surface area contributed by atoms with E-state index >= 15 is 0 Å². The van der Waals surface area contributed by atoms with Gasteiger partial charge in [0.25, 0.3) is 0 Å². The van der Waals surface area contributed by atoms with Crippen molar-refractivity contribution in [1.82, 2.24) is 5.32 Å². The number of unbranched alkanes of at least 4 members (excludes halogenated alkanes) is 1. The Labute approximate surface area is 130 Å². The Hall–Kier alpha value is -1.55. The molecule has 1 fully saturated rings. The first-order valence-electron chi connectivity index (χ1n) is 7.35. The fraction of sp³-hybridized carbons (Fsp3) is 0.500. The standard InChI is InChI=1S/C16H21ClN2O2/c1-3-4-9-18-14(20)16(7-8-16)15(21)19-13-6-5-12(17)10-11(13)2/h5-6,10H,3-4,7-9H2,1-2H3,(H,18,20)(H,19,21). The highest BCUT2D eigenvalue weighted by Crippen LogP contribution is 2.47. The van der Waals surface area contributed by atoms with Crippen LogP contribution in [0.5, 0.6) is 0 Å². The number of hydrogen-bond acceptors (Lipinski definition) is 2. The summed E-state index contributed by atoms with van der Waals surface area (Å²) in [4.78, 5) is 24.6. The van der Waals surface area contributed by atoms with Gasteiger partial charge in [-0.1, -0.05) is 24.9 Å². The normalized spacial score (nSPS) is 15.4. The summed E-state index contributed by atoms with van der Waals surface area (Å²) in [6, 6.07) is 5.28. The molecule has 0 heterocycles. The van der Waals surface area contributed by atoms with Gasteiger partial charge >= 0.3 is 0 Å². The van der Waals surface area contributed by atoms with Crippen molar-refractivity contribution in [2.45, 2.75) is 39.5 Å². The molecule has 0 spiro atoms. The summed E-state index contributed by atoms with van der Waals surface area (Å²) in [7, 11) is 0. The topological polar surface area (TPSA) is 58.2 Å². The van der Waals surface area contributed by atoms with Crippen LogP contribution in [0, 0.1) is 12.3 Å². The molecule has 2 N–H and O–H groups in total. The molecular weight excluding hydrogens is 288 g/mol. The maximum absolute atomic E-state index is 12.4. The highest BCUT2D eigenvalue weighted by Gasteiger charge is 2.56. The van der Waals surface area contributed by atoms with Crippen molar-refractivity contribution in [3.63, 3.8) is 0 Å². The number of anilines is 1. The van der Waals surface area contributed by atoms with Crippen LogP contribution in [-0.2, 0) is 9.59 Å². The van der Waals surface area contributed by atoms with Gasteiger partial charge < -0.3 is 10.6 Å². The number of hydrogen-bond donors (Lipinski definition) is 2. The summed E-state index contributed by atoms with van der Waals surface area (Å²) < 4.78 is 0. The van der Waals surface area contributed by atoms with Crippen molar-refractivity contribution in [1.29, 1.82) is 0 Å². The minimum atomic E-state index is -0.875. The molecule has 0 saturated heterocycles. The number of carbonyl (C=O) groups excluding carboxylic acids is 2. The average molecular weight is 309 g/mol. The number of amides is 2. The van der Waals surface area contributed by atoms with Gasteiger partial charge in [-0.15, -0.1) is 0 Å². The Morgan fingerprint density at radius 1 is 1.29 bits per heavy atom. The zero-order chi connectivity index (χ0) is 15.5. The Bertz CT molecular complexity index is 553. The Morgan fingerprint density at radius 3 is 2.57 bits per heavy atom. The lowest BCUT2D eigenvalue weighted by atomic mass is 10.0. The van der Waals surface area contributed by atoms with Crippen LogP contribution < -0.4 is 10.6 Å². The lowest BCUT2D eigenvalue weighted by Gasteiger charge is -2.16. The summed E-state index contributed by atoms with van der Waals surface area (Å²) in [6.07, 6.45) is 3.18. The summed E-state index contributed by atoms with van der Waals surface area (Å²) in [5.74, 6) is -0.373. The predicted molar refractivity (Wildman–Crippen MR) is 84.4 cm³/mol. The monoisotopic (exact) mass is 308 g/mol. The fourth-order valence-electron chi connectivity index (χ4n) is 2.24. The quantitative estimate of drug-likeness (QED) is 0.626. The second kappa shape index (κ2) is 6.48. The summed E-state index contributed by atoms with van der Waals surface area (Å²) in [5, 5.41) is 6.34. The molecule has 0 unspecified atom stereocenters. The first-order valence-corrected chi connectivity index (χ1v) is 7.73. The molecule has 5 heteroatoms. The third-order valence-electron chi connectivity index (χ3n) is 3.87. The number of rotatable bonds is 6. The van der Waals surface area contributed by atoms with Crippen LogP contribution in [-0.4, -0.2) is 18.4 Å². The van der Waals surface area contributed by atoms with Gasteiger partial charge in [0.2, 0.25) is 11.8 Å². The summed E-state index contributed by atoms with van der Waals surface area (Å²) in [5.41, 5.74) is 0.717. The van der Waals surface area contributed by atoms with Crippen molar-refractivity contribution >= 4 is 29.1 Å². The second-order valence-electron chi connectivity index (χ2n) is 5.60. The highest BCUT2D eigenvalue weighted by molar-refractivity contribution is 6.30. The minimum absolute atomic E-state index is 0.153. The van der Waals surface area contributed by atoms with Gasteiger partial charge in [0.15, 0.2) is 0 Å². The van der Waals surface area contributed by atoms with Crippen LogP contribution in [0.4, 0.5) is 5.69 Å². The Morgan fingerprint density at radius 2 is 2.00 bits per heavy atom. The molecule has 114 valence electrons. The Kier molecular flexibility index (Phi) is 4.88. The zero-order valence-corrected chi connectivity index (χ0v) is 13.2. The van der Waals surface area contributed by atoms with Gasteiger partial charge in [0, 0.05) is 17.3 Å². The van der Waals surface area contributed by atoms with Crippen LogP contribution in [0.15, 0.2) is 18.2 Å². The van der Waals surface area contributed by atoms with Crippen LogP contribution in [0.3, 0.4) is 0 Å². The molecule has 0 aliphatic heterocycles. The fourth-order valence-corrected chi connectivity index (χ4v) is 2.47. The molecule has 1 saturated carbocycles. The second-order valence-corrected chi connectivity index (χ2v) is 6.04. The van der Waals surface area contributed by atoms with E-state index in [1.54, 1.807) is 18.2 Å². The van der Waals surface area contributed by atoms with E-state index in [0.29, 0.717) is 30.1 Å². The first kappa shape index (κ1) is 15.8. The molecule has 1 aromatic rings. The third kappa shape index (κ3) is 3.56. The van der Waals surface area contributed by atoms with Crippen LogP contribution in [0.25, 0.3) is 0 Å². The van der Waals surface area contributed by atoms with Crippen LogP contribution in [0.1, 0.15) is 38.2 Å². The van der Waals surface area contributed by atoms with Crippen molar-refractivity contribution in [3.8, 4) is 0 Å². The maximum atomic E-state index is 12.4. The molecule has 4 nitrogen and oxygen atoms in total. The van der Waals surface area contributed by atoms with E-state index in [-0.39, 0.29) is 11.8 Å². The molecule has 0 radical (unpaired) electrons. The van der Waals surface area contributed by atoms with E-state index in [1.165, 1.54) is 0 Å². The van der Waals surface area contributed by atoms with E-state index in [2.05, 4.69) is 17.6 Å². The number of carbonyl (C=O) groups is 2. The van der Waals surface area contributed by atoms with E-state index in [4.69, 9.17) is 11.6 Å². The van der Waals surface area contributed by atoms with Crippen molar-refractivity contribution in [2.75, 3.05) is 11.9 Å². The number of aryl methyl sites for hydroxylation is 1. The molecule has 21 heavy (non-hydrogen) atoms. The SMILES string of the molecule is CCCCNC(=O)C1(C(=O)Nc2ccc(Cl)cc2C)CC1. The molecule has 0 bridgehead atoms. The molecule has 2 rings (SSSR count). The van der Waals surface area contributed by atoms with Gasteiger partial charge in [0.1, 0.15) is 5.41 Å². The predicted octanol–water partition coefficient (Wildman–Crippen LogP) is 3.28. The van der Waals surface area contributed by atoms with Gasteiger partial charge in [-0.05, 0) is 49.9 Å². The molecular formula is C16H21ClN2O2. The van der Waals surface area contributed by atoms with Gasteiger partial charge in [-0.2, -0.15) is 0 Å². The smallest absolute Gasteiger partial charge is 0.240 e. The largest absolute Gasteiger partial charge is 0.355 e. The van der Waals surface area contributed by atoms with Gasteiger partial charge in [-0.3, -0.25) is 9.59 Å². The van der Waals surface area contributed by atoms with Crippen LogP contribution >= 0.6 is 11.6 Å². The molecule has 1 aromatic carbocycles. The zero-order valence-electron chi connectivity index (χ0n) is 12.5. The van der Waals surface area contributed by atoms with Gasteiger partial charge in [0.05, 0.1) is 0 Å². The van der Waals surface area contributed by atoms with Gasteiger partial charge in [-0.25, -0.2) is 0 Å². The number of benzene rings is 1. The summed E-state index contributed by atoms with van der Waals surface area (Å²) >= 11 is 5.90. The van der Waals surface area contributed by atoms with E-state index in [0.717, 1.165) is 18.4 Å². The van der Waals surface area contributed by atoms with Crippen molar-refractivity contribution in [3.05, 3.63) is 28.8 Å². The van der Waals surface area contributed by atoms with Crippen LogP contribution in [0.2, 0.25) is 5.02 Å².